The van der Waals surface area contributed by atoms with Gasteiger partial charge in [-0.2, -0.15) is 5.26 Å². The highest BCUT2D eigenvalue weighted by Gasteiger charge is 2.50. The number of aliphatic imine (C=N–C) groups is 1. The largest absolute Gasteiger partial charge is 0.394 e. The molecule has 13 nitrogen and oxygen atoms in total. The highest BCUT2D eigenvalue weighted by Crippen LogP contribution is 2.50. The van der Waals surface area contributed by atoms with Crippen LogP contribution >= 0.6 is 8.53 Å². The molecular formula is C27H38N7O6P. The molecule has 222 valence electrons. The third kappa shape index (κ3) is 6.93. The monoisotopic (exact) mass is 587 g/mol. The van der Waals surface area contributed by atoms with Gasteiger partial charge in [-0.1, -0.05) is 18.2 Å². The Kier molecular flexibility index (Phi) is 10.8. The summed E-state index contributed by atoms with van der Waals surface area (Å²) in [5.74, 6) is 0.293. The minimum atomic E-state index is -1.61. The lowest BCUT2D eigenvalue weighted by molar-refractivity contribution is -0.0591. The molecule has 0 bridgehead atoms. The maximum Gasteiger partial charge on any atom is 0.259 e. The number of nitriles is 1. The number of imidazole rings is 1. The van der Waals surface area contributed by atoms with Crippen LogP contribution in [0, 0.1) is 11.3 Å². The van der Waals surface area contributed by atoms with Crippen molar-refractivity contribution in [2.75, 3.05) is 25.6 Å². The van der Waals surface area contributed by atoms with Gasteiger partial charge in [0.05, 0.1) is 38.4 Å². The highest BCUT2D eigenvalue weighted by molar-refractivity contribution is 7.44. The molecular weight excluding hydrogens is 549 g/mol. The number of hydrogen-bond acceptors (Lipinski definition) is 11. The Balaban J connectivity index is 1.58. The lowest BCUT2D eigenvalue weighted by Gasteiger charge is -2.38. The molecule has 3 heterocycles. The average Bonchev–Trinajstić information content (AvgIpc) is 3.54. The zero-order valence-corrected chi connectivity index (χ0v) is 24.8. The Hall–Kier alpha value is -2.95. The molecule has 2 aliphatic rings. The normalized spacial score (nSPS) is 24.3. The number of amides is 1. The van der Waals surface area contributed by atoms with Gasteiger partial charge >= 0.3 is 0 Å². The Labute approximate surface area is 241 Å². The maximum atomic E-state index is 12.8. The second-order valence-electron chi connectivity index (χ2n) is 10.1. The van der Waals surface area contributed by atoms with Crippen molar-refractivity contribution in [2.45, 2.75) is 76.9 Å². The van der Waals surface area contributed by atoms with Gasteiger partial charge in [0, 0.05) is 24.8 Å². The van der Waals surface area contributed by atoms with Gasteiger partial charge in [-0.3, -0.25) is 9.36 Å². The van der Waals surface area contributed by atoms with E-state index in [1.165, 1.54) is 6.34 Å². The lowest BCUT2D eigenvalue weighted by atomic mass is 10.1. The Morgan fingerprint density at radius 3 is 2.63 bits per heavy atom. The van der Waals surface area contributed by atoms with E-state index in [9.17, 15) is 9.90 Å². The smallest absolute Gasteiger partial charge is 0.259 e. The first kappa shape index (κ1) is 31.0. The van der Waals surface area contributed by atoms with Crippen molar-refractivity contribution in [3.8, 4) is 6.07 Å². The molecule has 0 spiro atoms. The van der Waals surface area contributed by atoms with Gasteiger partial charge in [-0.25, -0.2) is 14.6 Å². The van der Waals surface area contributed by atoms with Crippen molar-refractivity contribution >= 4 is 26.6 Å². The number of nitrogens with zero attached hydrogens (tertiary/aromatic N) is 5. The number of hydrogen-bond donors (Lipinski definition) is 3. The number of aliphatic hydroxyl groups excluding tert-OH is 1. The van der Waals surface area contributed by atoms with Crippen LogP contribution in [0.25, 0.3) is 0 Å². The zero-order valence-electron chi connectivity index (χ0n) is 23.9. The number of fused-ring (bicyclic) bond motifs is 1. The molecule has 6 unspecified atom stereocenters. The molecule has 2 aromatic rings. The number of anilines is 1. The van der Waals surface area contributed by atoms with Crippen molar-refractivity contribution in [3.05, 3.63) is 47.9 Å². The number of carbonyl (C=O) groups is 1. The number of aromatic nitrogens is 2. The second-order valence-corrected chi connectivity index (χ2v) is 11.5. The number of carbonyl (C=O) groups excluding carboxylic acids is 1. The molecule has 3 N–H and O–H groups in total. The fourth-order valence-corrected chi connectivity index (χ4v) is 6.69. The van der Waals surface area contributed by atoms with E-state index in [1.54, 1.807) is 42.3 Å². The Bertz CT molecular complexity index is 1210. The Morgan fingerprint density at radius 2 is 2.00 bits per heavy atom. The van der Waals surface area contributed by atoms with E-state index in [2.05, 4.69) is 59.0 Å². The molecule has 4 rings (SSSR count). The van der Waals surface area contributed by atoms with E-state index in [0.717, 1.165) is 0 Å². The first-order chi connectivity index (χ1) is 19.8. The van der Waals surface area contributed by atoms with Crippen LogP contribution in [0.15, 0.2) is 41.7 Å². The first-order valence-electron chi connectivity index (χ1n) is 13.6. The second kappa shape index (κ2) is 14.3. The highest BCUT2D eigenvalue weighted by atomic mass is 31.2. The number of aliphatic hydroxyl groups is 1. The summed E-state index contributed by atoms with van der Waals surface area (Å²) in [6, 6.07) is 11.2. The summed E-state index contributed by atoms with van der Waals surface area (Å²) in [4.78, 5) is 21.7. The Morgan fingerprint density at radius 1 is 1.27 bits per heavy atom. The van der Waals surface area contributed by atoms with E-state index < -0.39 is 39.2 Å². The SMILES string of the molecule is COC1C(OP(OCCC#N)N(C(C)C)C(C)C)C(CO)OC1n1cnc2c1NC=NC2NC(=O)c1ccccc1. The minimum absolute atomic E-state index is 0.0991. The molecule has 1 saturated heterocycles. The van der Waals surface area contributed by atoms with E-state index in [-0.39, 0.29) is 37.6 Å². The van der Waals surface area contributed by atoms with Gasteiger partial charge in [-0.05, 0) is 39.8 Å². The molecule has 0 radical (unpaired) electrons. The van der Waals surface area contributed by atoms with Gasteiger partial charge < -0.3 is 34.3 Å². The van der Waals surface area contributed by atoms with Crippen LogP contribution in [0.1, 0.15) is 62.6 Å². The minimum Gasteiger partial charge on any atom is -0.394 e. The van der Waals surface area contributed by atoms with Crippen molar-refractivity contribution < 1.29 is 28.4 Å². The molecule has 1 fully saturated rings. The fraction of sp³-hybridized carbons (Fsp3) is 0.556. The van der Waals surface area contributed by atoms with E-state index in [4.69, 9.17) is 23.8 Å². The van der Waals surface area contributed by atoms with Crippen LogP contribution in [-0.2, 0) is 18.5 Å². The van der Waals surface area contributed by atoms with Crippen LogP contribution in [0.3, 0.4) is 0 Å². The molecule has 1 aromatic carbocycles. The summed E-state index contributed by atoms with van der Waals surface area (Å²) in [5, 5.41) is 25.3. The third-order valence-electron chi connectivity index (χ3n) is 6.70. The van der Waals surface area contributed by atoms with E-state index in [1.807, 2.05) is 6.07 Å². The number of nitrogens with one attached hydrogen (secondary N) is 2. The molecule has 1 amide bonds. The zero-order chi connectivity index (χ0) is 29.5. The molecule has 0 aliphatic carbocycles. The fourth-order valence-electron chi connectivity index (χ4n) is 4.92. The van der Waals surface area contributed by atoms with Gasteiger partial charge in [0.2, 0.25) is 0 Å². The maximum absolute atomic E-state index is 12.8. The molecule has 1 aromatic heterocycles. The van der Waals surface area contributed by atoms with Crippen LogP contribution < -0.4 is 10.6 Å². The summed E-state index contributed by atoms with van der Waals surface area (Å²) in [7, 11) is -0.0584. The lowest BCUT2D eigenvalue weighted by Crippen LogP contribution is -2.40. The van der Waals surface area contributed by atoms with Crippen molar-refractivity contribution in [1.82, 2.24) is 19.5 Å². The van der Waals surface area contributed by atoms with Crippen LogP contribution in [-0.4, -0.2) is 82.3 Å². The van der Waals surface area contributed by atoms with Gasteiger partial charge in [0.25, 0.3) is 14.4 Å². The molecule has 0 saturated carbocycles. The summed E-state index contributed by atoms with van der Waals surface area (Å²) in [6.45, 7) is 8.11. The summed E-state index contributed by atoms with van der Waals surface area (Å²) >= 11 is 0. The molecule has 41 heavy (non-hydrogen) atoms. The van der Waals surface area contributed by atoms with Crippen molar-refractivity contribution in [3.63, 3.8) is 0 Å². The van der Waals surface area contributed by atoms with Crippen molar-refractivity contribution in [1.29, 1.82) is 5.26 Å². The predicted molar refractivity (Wildman–Crippen MR) is 153 cm³/mol. The third-order valence-corrected chi connectivity index (χ3v) is 8.82. The number of ether oxygens (including phenoxy) is 2. The van der Waals surface area contributed by atoms with Crippen LogP contribution in [0.4, 0.5) is 5.82 Å². The quantitative estimate of drug-likeness (QED) is 0.235. The number of benzene rings is 1. The standard InChI is InChI=1S/C27H38N7O6P/c1-17(2)34(18(3)4)41(38-13-9-12-28)40-22-20(14-35)39-27(23(22)37-5)33-16-31-21-24(29-15-30-25(21)33)32-26(36)19-10-7-6-8-11-19/h6-8,10-11,15-18,20,22-24,27,35H,9,13-14H2,1-5H3,(H,29,30)(H,32,36). The van der Waals surface area contributed by atoms with E-state index >= 15 is 0 Å². The summed E-state index contributed by atoms with van der Waals surface area (Å²) < 4.78 is 28.7. The summed E-state index contributed by atoms with van der Waals surface area (Å²) in [6.07, 6.45) is -0.177. The molecule has 6 atom stereocenters. The molecule has 2 aliphatic heterocycles. The first-order valence-corrected chi connectivity index (χ1v) is 14.7. The van der Waals surface area contributed by atoms with Crippen LogP contribution in [0.5, 0.6) is 0 Å². The van der Waals surface area contributed by atoms with Crippen LogP contribution in [0.2, 0.25) is 0 Å². The van der Waals surface area contributed by atoms with Gasteiger partial charge in [0.15, 0.2) is 12.4 Å². The number of rotatable bonds is 13. The van der Waals surface area contributed by atoms with Crippen molar-refractivity contribution in [2.24, 2.45) is 4.99 Å². The average molecular weight is 588 g/mol. The molecule has 14 heteroatoms. The van der Waals surface area contributed by atoms with E-state index in [0.29, 0.717) is 17.1 Å². The predicted octanol–water partition coefficient (Wildman–Crippen LogP) is 3.33. The topological polar surface area (TPSA) is 155 Å². The summed E-state index contributed by atoms with van der Waals surface area (Å²) in [5.41, 5.74) is 1.02. The number of methoxy groups -OCH3 is 1. The van der Waals surface area contributed by atoms with Gasteiger partial charge in [0.1, 0.15) is 29.8 Å². The van der Waals surface area contributed by atoms with Gasteiger partial charge in [-0.15, -0.1) is 0 Å².